The van der Waals surface area contributed by atoms with Crippen LogP contribution >= 0.6 is 0 Å². The largest absolute Gasteiger partial charge is 0.466 e. The number of nitrogens with zero attached hydrogens (tertiary/aromatic N) is 3. The van der Waals surface area contributed by atoms with Gasteiger partial charge in [0, 0.05) is 32.4 Å². The number of amides is 1. The Balaban J connectivity index is 2.49. The van der Waals surface area contributed by atoms with Crippen molar-refractivity contribution in [3.63, 3.8) is 0 Å². The van der Waals surface area contributed by atoms with Gasteiger partial charge in [-0.25, -0.2) is 0 Å². The molecular weight excluding hydrogens is 296 g/mol. The number of nitriles is 1. The number of likely N-dealkylation sites (N-methyl/N-ethyl adjacent to an activating group) is 1. The maximum atomic E-state index is 12.3. The van der Waals surface area contributed by atoms with Crippen LogP contribution in [0.4, 0.5) is 0 Å². The van der Waals surface area contributed by atoms with Gasteiger partial charge in [0.1, 0.15) is 11.6 Å². The molecule has 0 unspecified atom stereocenters. The second-order valence-corrected chi connectivity index (χ2v) is 5.75. The Morgan fingerprint density at radius 1 is 1.39 bits per heavy atom. The first-order valence-corrected chi connectivity index (χ1v) is 7.93. The number of likely N-dealkylation sites (tertiary alicyclic amines) is 1. The van der Waals surface area contributed by atoms with Crippen LogP contribution in [-0.2, 0) is 14.3 Å². The molecule has 0 saturated carbocycles. The van der Waals surface area contributed by atoms with E-state index in [9.17, 15) is 9.59 Å². The highest BCUT2D eigenvalue weighted by atomic mass is 16.5. The molecule has 7 nitrogen and oxygen atoms in total. The van der Waals surface area contributed by atoms with Crippen LogP contribution in [0.3, 0.4) is 0 Å². The van der Waals surface area contributed by atoms with Gasteiger partial charge in [-0.05, 0) is 33.9 Å². The summed E-state index contributed by atoms with van der Waals surface area (Å²) in [6.07, 6.45) is 2.64. The summed E-state index contributed by atoms with van der Waals surface area (Å²) in [5.41, 5.74) is 0.0957. The molecule has 23 heavy (non-hydrogen) atoms. The van der Waals surface area contributed by atoms with Gasteiger partial charge in [0.2, 0.25) is 0 Å². The number of esters is 1. The highest BCUT2D eigenvalue weighted by molar-refractivity contribution is 5.97. The summed E-state index contributed by atoms with van der Waals surface area (Å²) in [6.45, 7) is 4.57. The summed E-state index contributed by atoms with van der Waals surface area (Å²) in [5.74, 6) is -0.625. The van der Waals surface area contributed by atoms with E-state index in [2.05, 4.69) is 5.32 Å². The number of ether oxygens (including phenoxy) is 1. The predicted molar refractivity (Wildman–Crippen MR) is 86.2 cm³/mol. The van der Waals surface area contributed by atoms with E-state index < -0.39 is 0 Å². The molecule has 0 spiro atoms. The third-order valence-electron chi connectivity index (χ3n) is 3.70. The van der Waals surface area contributed by atoms with Gasteiger partial charge in [-0.2, -0.15) is 5.26 Å². The molecule has 0 aromatic rings. The lowest BCUT2D eigenvalue weighted by Crippen LogP contribution is -2.41. The average Bonchev–Trinajstić information content (AvgIpc) is 2.54. The number of carbonyl (C=O) groups is 2. The maximum Gasteiger partial charge on any atom is 0.309 e. The van der Waals surface area contributed by atoms with Crippen LogP contribution in [0.5, 0.6) is 0 Å². The molecule has 1 fully saturated rings. The molecular formula is C16H26N4O3. The molecule has 1 rings (SSSR count). The van der Waals surface area contributed by atoms with E-state index in [1.165, 1.54) is 6.20 Å². The first-order valence-electron chi connectivity index (χ1n) is 7.93. The summed E-state index contributed by atoms with van der Waals surface area (Å²) in [6, 6.07) is 1.94. The number of hydrogen-bond acceptors (Lipinski definition) is 6. The van der Waals surface area contributed by atoms with Gasteiger partial charge >= 0.3 is 5.97 Å². The van der Waals surface area contributed by atoms with Crippen molar-refractivity contribution in [1.29, 1.82) is 5.26 Å². The highest BCUT2D eigenvalue weighted by Gasteiger charge is 2.29. The van der Waals surface area contributed by atoms with Crippen LogP contribution in [0.2, 0.25) is 0 Å². The first kappa shape index (κ1) is 19.0. The monoisotopic (exact) mass is 322 g/mol. The Morgan fingerprint density at radius 2 is 2.04 bits per heavy atom. The van der Waals surface area contributed by atoms with Gasteiger partial charge in [0.25, 0.3) is 5.91 Å². The molecule has 0 aromatic carbocycles. The molecule has 7 heteroatoms. The van der Waals surface area contributed by atoms with E-state index in [0.29, 0.717) is 39.1 Å². The van der Waals surface area contributed by atoms with Crippen LogP contribution in [0.15, 0.2) is 11.8 Å². The number of piperidine rings is 1. The molecule has 1 amide bonds. The minimum atomic E-state index is -0.285. The topological polar surface area (TPSA) is 85.7 Å². The molecule has 0 bridgehead atoms. The van der Waals surface area contributed by atoms with Gasteiger partial charge in [-0.3, -0.25) is 9.59 Å². The van der Waals surface area contributed by atoms with Gasteiger partial charge in [0.05, 0.1) is 12.5 Å². The zero-order valence-corrected chi connectivity index (χ0v) is 14.2. The second kappa shape index (κ2) is 9.85. The van der Waals surface area contributed by atoms with Gasteiger partial charge in [0.15, 0.2) is 0 Å². The van der Waals surface area contributed by atoms with E-state index in [4.69, 9.17) is 10.00 Å². The standard InChI is InChI=1S/C16H26N4O3/c1-4-23-16(22)13-5-8-20(9-6-13)15(21)14(11-17)12-18-7-10-19(2)3/h12-13,18H,4-10H2,1-3H3/b14-12-. The van der Waals surface area contributed by atoms with Crippen LogP contribution < -0.4 is 5.32 Å². The normalized spacial score (nSPS) is 16.1. The van der Waals surface area contributed by atoms with Crippen molar-refractivity contribution < 1.29 is 14.3 Å². The Bertz CT molecular complexity index is 474. The molecule has 0 aromatic heterocycles. The number of nitrogens with one attached hydrogen (secondary N) is 1. The van der Waals surface area contributed by atoms with Crippen molar-refractivity contribution in [3.8, 4) is 6.07 Å². The third kappa shape index (κ3) is 6.28. The molecule has 1 heterocycles. The van der Waals surface area contributed by atoms with E-state index in [1.54, 1.807) is 11.8 Å². The van der Waals surface area contributed by atoms with E-state index in [-0.39, 0.29) is 23.4 Å². The Morgan fingerprint density at radius 3 is 2.57 bits per heavy atom. The Labute approximate surface area is 137 Å². The summed E-state index contributed by atoms with van der Waals surface area (Å²) in [4.78, 5) is 27.7. The van der Waals surface area contributed by atoms with Crippen LogP contribution in [0, 0.1) is 17.2 Å². The summed E-state index contributed by atoms with van der Waals surface area (Å²) in [5, 5.41) is 12.1. The SMILES string of the molecule is CCOC(=O)C1CCN(C(=O)/C(C#N)=C\NCCN(C)C)CC1. The second-order valence-electron chi connectivity index (χ2n) is 5.75. The summed E-state index contributed by atoms with van der Waals surface area (Å²) < 4.78 is 5.01. The minimum Gasteiger partial charge on any atom is -0.466 e. The lowest BCUT2D eigenvalue weighted by molar-refractivity contribution is -0.150. The fourth-order valence-corrected chi connectivity index (χ4v) is 2.35. The van der Waals surface area contributed by atoms with Crippen molar-refractivity contribution >= 4 is 11.9 Å². The van der Waals surface area contributed by atoms with E-state index >= 15 is 0 Å². The fourth-order valence-electron chi connectivity index (χ4n) is 2.35. The Kier molecular flexibility index (Phi) is 8.13. The number of rotatable bonds is 7. The average molecular weight is 322 g/mol. The van der Waals surface area contributed by atoms with Crippen molar-refractivity contribution in [2.24, 2.45) is 5.92 Å². The number of hydrogen-bond donors (Lipinski definition) is 1. The zero-order valence-electron chi connectivity index (χ0n) is 14.2. The molecule has 0 aliphatic carbocycles. The van der Waals surface area contributed by atoms with Gasteiger partial charge in [-0.1, -0.05) is 0 Å². The molecule has 128 valence electrons. The van der Waals surface area contributed by atoms with Crippen molar-refractivity contribution in [2.45, 2.75) is 19.8 Å². The highest BCUT2D eigenvalue weighted by Crippen LogP contribution is 2.19. The van der Waals surface area contributed by atoms with Crippen molar-refractivity contribution in [1.82, 2.24) is 15.1 Å². The summed E-state index contributed by atoms with van der Waals surface area (Å²) in [7, 11) is 3.91. The molecule has 0 atom stereocenters. The smallest absolute Gasteiger partial charge is 0.309 e. The van der Waals surface area contributed by atoms with Gasteiger partial charge < -0.3 is 19.9 Å². The fraction of sp³-hybridized carbons (Fsp3) is 0.688. The first-order chi connectivity index (χ1) is 11.0. The number of carbonyl (C=O) groups excluding carboxylic acids is 2. The van der Waals surface area contributed by atoms with Crippen molar-refractivity contribution in [3.05, 3.63) is 11.8 Å². The van der Waals surface area contributed by atoms with Crippen LogP contribution in [0.1, 0.15) is 19.8 Å². The van der Waals surface area contributed by atoms with Crippen LogP contribution in [-0.4, -0.2) is 68.6 Å². The molecule has 1 aliphatic rings. The quantitative estimate of drug-likeness (QED) is 0.315. The molecule has 1 saturated heterocycles. The molecule has 1 aliphatic heterocycles. The third-order valence-corrected chi connectivity index (χ3v) is 3.70. The lowest BCUT2D eigenvalue weighted by atomic mass is 9.96. The van der Waals surface area contributed by atoms with E-state index in [1.807, 2.05) is 25.1 Å². The Hall–Kier alpha value is -2.07. The van der Waals surface area contributed by atoms with E-state index in [0.717, 1.165) is 6.54 Å². The van der Waals surface area contributed by atoms with Crippen LogP contribution in [0.25, 0.3) is 0 Å². The zero-order chi connectivity index (χ0) is 17.2. The predicted octanol–water partition coefficient (Wildman–Crippen LogP) is 0.347. The van der Waals surface area contributed by atoms with Gasteiger partial charge in [-0.15, -0.1) is 0 Å². The minimum absolute atomic E-state index is 0.0957. The molecule has 0 radical (unpaired) electrons. The van der Waals surface area contributed by atoms with Crippen molar-refractivity contribution in [2.75, 3.05) is 46.9 Å². The molecule has 1 N–H and O–H groups in total. The maximum absolute atomic E-state index is 12.3. The lowest BCUT2D eigenvalue weighted by Gasteiger charge is -2.30. The summed E-state index contributed by atoms with van der Waals surface area (Å²) >= 11 is 0.